The third-order valence-corrected chi connectivity index (χ3v) is 3.58. The molecule has 2 aliphatic heterocycles. The molecule has 6 nitrogen and oxygen atoms in total. The van der Waals surface area contributed by atoms with Crippen molar-refractivity contribution < 1.29 is 14.7 Å². The lowest BCUT2D eigenvalue weighted by Gasteiger charge is -2.38. The van der Waals surface area contributed by atoms with Gasteiger partial charge in [0.15, 0.2) is 0 Å². The van der Waals surface area contributed by atoms with Crippen LogP contribution in [0, 0.1) is 0 Å². The molecule has 2 atom stereocenters. The van der Waals surface area contributed by atoms with Crippen LogP contribution in [0.4, 0.5) is 0 Å². The number of nitrogens with one attached hydrogen (secondary N) is 1. The number of hydrogen-bond donors (Lipinski definition) is 2. The lowest BCUT2D eigenvalue weighted by molar-refractivity contribution is -0.143. The SMILES string of the molecule is CN1CCC(N2CCNC(=O)C2CC(=O)O)C1. The van der Waals surface area contributed by atoms with Gasteiger partial charge < -0.3 is 15.3 Å². The van der Waals surface area contributed by atoms with Crippen molar-refractivity contribution in [2.75, 3.05) is 33.2 Å². The van der Waals surface area contributed by atoms with Gasteiger partial charge in [0, 0.05) is 25.7 Å². The second kappa shape index (κ2) is 5.01. The number of carboxylic acids is 1. The molecular formula is C11H19N3O3. The lowest BCUT2D eigenvalue weighted by atomic mass is 10.0. The zero-order chi connectivity index (χ0) is 12.4. The van der Waals surface area contributed by atoms with Crippen molar-refractivity contribution in [3.8, 4) is 0 Å². The van der Waals surface area contributed by atoms with Crippen molar-refractivity contribution in [1.29, 1.82) is 0 Å². The van der Waals surface area contributed by atoms with E-state index in [-0.39, 0.29) is 12.3 Å². The van der Waals surface area contributed by atoms with Crippen molar-refractivity contribution in [3.63, 3.8) is 0 Å². The van der Waals surface area contributed by atoms with Crippen LogP contribution in [0.15, 0.2) is 0 Å². The number of likely N-dealkylation sites (N-methyl/N-ethyl adjacent to an activating group) is 1. The van der Waals surface area contributed by atoms with Gasteiger partial charge in [-0.05, 0) is 20.0 Å². The fourth-order valence-corrected chi connectivity index (χ4v) is 2.73. The highest BCUT2D eigenvalue weighted by molar-refractivity contribution is 5.86. The molecule has 2 fully saturated rings. The number of carbonyl (C=O) groups excluding carboxylic acids is 1. The van der Waals surface area contributed by atoms with Gasteiger partial charge in [0.1, 0.15) is 0 Å². The number of piperazine rings is 1. The second-order valence-corrected chi connectivity index (χ2v) is 4.85. The van der Waals surface area contributed by atoms with Crippen LogP contribution in [0.2, 0.25) is 0 Å². The normalized spacial score (nSPS) is 31.5. The van der Waals surface area contributed by atoms with Crippen LogP contribution < -0.4 is 5.32 Å². The largest absolute Gasteiger partial charge is 0.481 e. The Balaban J connectivity index is 2.06. The van der Waals surface area contributed by atoms with Crippen LogP contribution in [0.1, 0.15) is 12.8 Å². The third kappa shape index (κ3) is 2.76. The first-order valence-electron chi connectivity index (χ1n) is 6.01. The van der Waals surface area contributed by atoms with E-state index in [2.05, 4.69) is 22.2 Å². The van der Waals surface area contributed by atoms with Gasteiger partial charge in [-0.2, -0.15) is 0 Å². The average Bonchev–Trinajstić information content (AvgIpc) is 2.67. The molecule has 2 saturated heterocycles. The molecule has 0 aromatic rings. The topological polar surface area (TPSA) is 72.9 Å². The third-order valence-electron chi connectivity index (χ3n) is 3.58. The van der Waals surface area contributed by atoms with Crippen LogP contribution in [-0.2, 0) is 9.59 Å². The number of carbonyl (C=O) groups is 2. The first kappa shape index (κ1) is 12.3. The highest BCUT2D eigenvalue weighted by Crippen LogP contribution is 2.20. The Labute approximate surface area is 101 Å². The molecule has 96 valence electrons. The summed E-state index contributed by atoms with van der Waals surface area (Å²) in [5, 5.41) is 11.6. The molecule has 0 spiro atoms. The molecule has 0 saturated carbocycles. The van der Waals surface area contributed by atoms with Gasteiger partial charge in [-0.1, -0.05) is 0 Å². The van der Waals surface area contributed by atoms with E-state index in [9.17, 15) is 9.59 Å². The minimum Gasteiger partial charge on any atom is -0.481 e. The molecule has 0 bridgehead atoms. The van der Waals surface area contributed by atoms with Crippen LogP contribution in [0.5, 0.6) is 0 Å². The first-order chi connectivity index (χ1) is 8.08. The number of carboxylic acid groups (broad SMARTS) is 1. The molecule has 1 amide bonds. The van der Waals surface area contributed by atoms with E-state index in [1.54, 1.807) is 0 Å². The monoisotopic (exact) mass is 241 g/mol. The highest BCUT2D eigenvalue weighted by atomic mass is 16.4. The van der Waals surface area contributed by atoms with Gasteiger partial charge >= 0.3 is 5.97 Å². The molecule has 2 N–H and O–H groups in total. The predicted octanol–water partition coefficient (Wildman–Crippen LogP) is -1.03. The second-order valence-electron chi connectivity index (χ2n) is 4.85. The van der Waals surface area contributed by atoms with Gasteiger partial charge in [0.25, 0.3) is 0 Å². The summed E-state index contributed by atoms with van der Waals surface area (Å²) in [5.41, 5.74) is 0. The summed E-state index contributed by atoms with van der Waals surface area (Å²) in [5.74, 6) is -1.06. The summed E-state index contributed by atoms with van der Waals surface area (Å²) in [4.78, 5) is 26.9. The smallest absolute Gasteiger partial charge is 0.305 e. The molecule has 2 unspecified atom stereocenters. The summed E-state index contributed by atoms with van der Waals surface area (Å²) >= 11 is 0. The number of nitrogens with zero attached hydrogens (tertiary/aromatic N) is 2. The minimum atomic E-state index is -0.914. The number of aliphatic carboxylic acids is 1. The van der Waals surface area contributed by atoms with E-state index in [0.717, 1.165) is 26.1 Å². The van der Waals surface area contributed by atoms with Gasteiger partial charge in [-0.15, -0.1) is 0 Å². The van der Waals surface area contributed by atoms with Crippen molar-refractivity contribution >= 4 is 11.9 Å². The zero-order valence-electron chi connectivity index (χ0n) is 10.1. The van der Waals surface area contributed by atoms with Gasteiger partial charge in [-0.3, -0.25) is 14.5 Å². The number of hydrogen-bond acceptors (Lipinski definition) is 4. The van der Waals surface area contributed by atoms with E-state index in [0.29, 0.717) is 12.6 Å². The number of likely N-dealkylation sites (tertiary alicyclic amines) is 1. The summed E-state index contributed by atoms with van der Waals surface area (Å²) in [6, 6.07) is -0.187. The quantitative estimate of drug-likeness (QED) is 0.660. The van der Waals surface area contributed by atoms with E-state index in [4.69, 9.17) is 5.11 Å². The van der Waals surface area contributed by atoms with Gasteiger partial charge in [0.05, 0.1) is 12.5 Å². The lowest BCUT2D eigenvalue weighted by Crippen LogP contribution is -2.59. The van der Waals surface area contributed by atoms with Gasteiger partial charge in [-0.25, -0.2) is 0 Å². The minimum absolute atomic E-state index is 0.105. The van der Waals surface area contributed by atoms with Crippen molar-refractivity contribution in [2.45, 2.75) is 24.9 Å². The number of rotatable bonds is 3. The Bertz CT molecular complexity index is 321. The van der Waals surface area contributed by atoms with E-state index in [1.807, 2.05) is 0 Å². The predicted molar refractivity (Wildman–Crippen MR) is 61.7 cm³/mol. The molecule has 0 radical (unpaired) electrons. The summed E-state index contributed by atoms with van der Waals surface area (Å²) in [6.45, 7) is 3.31. The standard InChI is InChI=1S/C11H19N3O3/c1-13-4-2-8(7-13)14-5-3-12-11(17)9(14)6-10(15)16/h8-9H,2-7H2,1H3,(H,12,17)(H,15,16). The average molecular weight is 241 g/mol. The summed E-state index contributed by atoms with van der Waals surface area (Å²) in [6.07, 6.45) is 0.909. The van der Waals surface area contributed by atoms with Gasteiger partial charge in [0.2, 0.25) is 5.91 Å². The van der Waals surface area contributed by atoms with E-state index < -0.39 is 12.0 Å². The van der Waals surface area contributed by atoms with E-state index in [1.165, 1.54) is 0 Å². The molecule has 2 aliphatic rings. The Hall–Kier alpha value is -1.14. The highest BCUT2D eigenvalue weighted by Gasteiger charge is 2.37. The summed E-state index contributed by atoms with van der Waals surface area (Å²) < 4.78 is 0. The maximum atomic E-state index is 11.7. The molecule has 0 aromatic heterocycles. The Morgan fingerprint density at radius 2 is 2.29 bits per heavy atom. The Morgan fingerprint density at radius 3 is 2.88 bits per heavy atom. The van der Waals surface area contributed by atoms with E-state index >= 15 is 0 Å². The Morgan fingerprint density at radius 1 is 1.53 bits per heavy atom. The van der Waals surface area contributed by atoms with Crippen LogP contribution in [0.3, 0.4) is 0 Å². The van der Waals surface area contributed by atoms with Crippen LogP contribution in [0.25, 0.3) is 0 Å². The van der Waals surface area contributed by atoms with Crippen molar-refractivity contribution in [2.24, 2.45) is 0 Å². The molecule has 0 aromatic carbocycles. The van der Waals surface area contributed by atoms with Crippen LogP contribution >= 0.6 is 0 Å². The fourth-order valence-electron chi connectivity index (χ4n) is 2.73. The molecule has 6 heteroatoms. The van der Waals surface area contributed by atoms with Crippen molar-refractivity contribution in [1.82, 2.24) is 15.1 Å². The molecule has 17 heavy (non-hydrogen) atoms. The van der Waals surface area contributed by atoms with Crippen LogP contribution in [-0.4, -0.2) is 72.1 Å². The summed E-state index contributed by atoms with van der Waals surface area (Å²) in [7, 11) is 2.05. The molecular weight excluding hydrogens is 222 g/mol. The molecule has 2 rings (SSSR count). The molecule has 0 aliphatic carbocycles. The number of amides is 1. The zero-order valence-corrected chi connectivity index (χ0v) is 10.1. The maximum absolute atomic E-state index is 11.7. The molecule has 2 heterocycles. The Kier molecular flexibility index (Phi) is 3.63. The first-order valence-corrected chi connectivity index (χ1v) is 6.01. The maximum Gasteiger partial charge on any atom is 0.305 e. The fraction of sp³-hybridized carbons (Fsp3) is 0.818. The van der Waals surface area contributed by atoms with Crippen molar-refractivity contribution in [3.05, 3.63) is 0 Å².